The summed E-state index contributed by atoms with van der Waals surface area (Å²) in [5, 5.41) is 0. The predicted molar refractivity (Wildman–Crippen MR) is 160 cm³/mol. The number of benzene rings is 2. The fourth-order valence-corrected chi connectivity index (χ4v) is 5.83. The summed E-state index contributed by atoms with van der Waals surface area (Å²) in [4.78, 5) is 43.4. The third-order valence-electron chi connectivity index (χ3n) is 7.91. The molecule has 0 spiro atoms. The van der Waals surface area contributed by atoms with E-state index >= 15 is 0 Å². The van der Waals surface area contributed by atoms with Gasteiger partial charge in [-0.15, -0.1) is 0 Å². The van der Waals surface area contributed by atoms with Gasteiger partial charge in [-0.2, -0.15) is 0 Å². The first-order valence-electron chi connectivity index (χ1n) is 14.5. The van der Waals surface area contributed by atoms with Crippen LogP contribution in [0.25, 0.3) is 22.4 Å². The number of hydrogen-bond acceptors (Lipinski definition) is 6. The van der Waals surface area contributed by atoms with E-state index in [0.717, 1.165) is 50.2 Å². The lowest BCUT2D eigenvalue weighted by Gasteiger charge is -2.39. The predicted octanol–water partition coefficient (Wildman–Crippen LogP) is 5.75. The second-order valence-electron chi connectivity index (χ2n) is 12.2. The van der Waals surface area contributed by atoms with Gasteiger partial charge >= 0.3 is 6.09 Å². The molecule has 0 radical (unpaired) electrons. The minimum Gasteiger partial charge on any atom is -0.444 e. The molecule has 0 aliphatic carbocycles. The average molecular weight is 568 g/mol. The molecule has 2 amide bonds. The van der Waals surface area contributed by atoms with Crippen LogP contribution in [0.3, 0.4) is 0 Å². The Morgan fingerprint density at radius 2 is 1.95 bits per heavy atom. The second-order valence-corrected chi connectivity index (χ2v) is 12.2. The average Bonchev–Trinajstić information content (AvgIpc) is 3.34. The number of aryl methyl sites for hydroxylation is 2. The number of nitrogens with one attached hydrogen (secondary N) is 1. The van der Waals surface area contributed by atoms with E-state index in [9.17, 15) is 9.59 Å². The van der Waals surface area contributed by atoms with E-state index in [1.54, 1.807) is 11.1 Å². The number of nitrogens with zero attached hydrogens (tertiary/aromatic N) is 4. The Bertz CT molecular complexity index is 1670. The Morgan fingerprint density at radius 3 is 2.74 bits per heavy atom. The number of aromatic amines is 1. The van der Waals surface area contributed by atoms with E-state index in [2.05, 4.69) is 22.1 Å². The molecule has 218 valence electrons. The number of morpholine rings is 1. The molecule has 1 saturated heterocycles. The number of hydrogen-bond donors (Lipinski definition) is 1. The quantitative estimate of drug-likeness (QED) is 0.338. The molecule has 2 aromatic carbocycles. The third-order valence-corrected chi connectivity index (χ3v) is 7.91. The van der Waals surface area contributed by atoms with Crippen LogP contribution in [0.2, 0.25) is 0 Å². The molecule has 0 saturated carbocycles. The van der Waals surface area contributed by atoms with Crippen LogP contribution in [-0.4, -0.2) is 68.7 Å². The molecule has 9 heteroatoms. The number of rotatable bonds is 3. The lowest BCUT2D eigenvalue weighted by Crippen LogP contribution is -2.46. The Labute approximate surface area is 245 Å². The fraction of sp³-hybridized carbons (Fsp3) is 0.394. The monoisotopic (exact) mass is 567 g/mol. The lowest BCUT2D eigenvalue weighted by molar-refractivity contribution is -0.0334. The van der Waals surface area contributed by atoms with Gasteiger partial charge in [0.1, 0.15) is 11.1 Å². The number of aromatic nitrogens is 3. The van der Waals surface area contributed by atoms with Crippen LogP contribution < -0.4 is 0 Å². The van der Waals surface area contributed by atoms with Crippen molar-refractivity contribution < 1.29 is 19.1 Å². The van der Waals surface area contributed by atoms with E-state index in [1.807, 2.05) is 70.0 Å². The van der Waals surface area contributed by atoms with E-state index in [-0.39, 0.29) is 18.0 Å². The summed E-state index contributed by atoms with van der Waals surface area (Å²) >= 11 is 0. The molecule has 1 atom stereocenters. The molecule has 1 fully saturated rings. The van der Waals surface area contributed by atoms with Crippen LogP contribution in [-0.2, 0) is 22.4 Å². The van der Waals surface area contributed by atoms with Gasteiger partial charge in [-0.25, -0.2) is 14.8 Å². The van der Waals surface area contributed by atoms with Crippen molar-refractivity contribution in [1.82, 2.24) is 24.8 Å². The largest absolute Gasteiger partial charge is 0.444 e. The summed E-state index contributed by atoms with van der Waals surface area (Å²) in [6.07, 6.45) is 4.00. The highest BCUT2D eigenvalue weighted by atomic mass is 16.6. The summed E-state index contributed by atoms with van der Waals surface area (Å²) in [6.45, 7) is 11.8. The van der Waals surface area contributed by atoms with E-state index in [1.165, 1.54) is 0 Å². The van der Waals surface area contributed by atoms with Crippen molar-refractivity contribution in [3.8, 4) is 11.3 Å². The first-order valence-corrected chi connectivity index (χ1v) is 14.5. The van der Waals surface area contributed by atoms with Gasteiger partial charge in [0.2, 0.25) is 0 Å². The summed E-state index contributed by atoms with van der Waals surface area (Å²) in [5.74, 6) is 0.00233. The second kappa shape index (κ2) is 10.9. The molecule has 2 aliphatic rings. The maximum atomic E-state index is 13.6. The molecule has 1 N–H and O–H groups in total. The SMILES string of the molecule is Cc1cccc(C(=O)N2CCc3cc(-c4cnc5[nH]cc(C)c5n4)cc(C4COCCN4C(=O)OC(C)(C)C)c3C2)c1. The first kappa shape index (κ1) is 27.9. The Morgan fingerprint density at radius 1 is 1.12 bits per heavy atom. The van der Waals surface area contributed by atoms with Crippen LogP contribution in [0.15, 0.2) is 48.8 Å². The number of carbonyl (C=O) groups excluding carboxylic acids is 2. The molecule has 42 heavy (non-hydrogen) atoms. The van der Waals surface area contributed by atoms with Crippen molar-refractivity contribution in [2.24, 2.45) is 0 Å². The number of ether oxygens (including phenoxy) is 2. The maximum absolute atomic E-state index is 13.6. The number of amides is 2. The molecular formula is C33H37N5O4. The fourth-order valence-electron chi connectivity index (χ4n) is 5.83. The van der Waals surface area contributed by atoms with Gasteiger partial charge in [0, 0.05) is 37.0 Å². The topological polar surface area (TPSA) is 101 Å². The van der Waals surface area contributed by atoms with Crippen LogP contribution in [0, 0.1) is 13.8 Å². The molecule has 9 nitrogen and oxygen atoms in total. The molecule has 2 aliphatic heterocycles. The van der Waals surface area contributed by atoms with Crippen molar-refractivity contribution in [3.05, 3.63) is 82.2 Å². The maximum Gasteiger partial charge on any atom is 0.410 e. The van der Waals surface area contributed by atoms with Gasteiger partial charge < -0.3 is 19.4 Å². The van der Waals surface area contributed by atoms with Gasteiger partial charge in [-0.1, -0.05) is 17.7 Å². The minimum absolute atomic E-state index is 0.00233. The Hall–Kier alpha value is -4.24. The van der Waals surface area contributed by atoms with Gasteiger partial charge in [0.15, 0.2) is 5.65 Å². The van der Waals surface area contributed by atoms with E-state index in [4.69, 9.17) is 14.5 Å². The highest BCUT2D eigenvalue weighted by Crippen LogP contribution is 2.37. The van der Waals surface area contributed by atoms with Crippen LogP contribution in [0.1, 0.15) is 65.0 Å². The van der Waals surface area contributed by atoms with Crippen molar-refractivity contribution in [2.45, 2.75) is 59.2 Å². The van der Waals surface area contributed by atoms with Crippen molar-refractivity contribution in [2.75, 3.05) is 26.3 Å². The molecular weight excluding hydrogens is 530 g/mol. The molecule has 2 aromatic heterocycles. The number of carbonyl (C=O) groups is 2. The smallest absolute Gasteiger partial charge is 0.410 e. The Balaban J connectivity index is 1.44. The van der Waals surface area contributed by atoms with Gasteiger partial charge in [0.05, 0.1) is 31.1 Å². The zero-order chi connectivity index (χ0) is 29.6. The summed E-state index contributed by atoms with van der Waals surface area (Å²) in [5.41, 5.74) is 8.51. The minimum atomic E-state index is -0.627. The van der Waals surface area contributed by atoms with Crippen LogP contribution in [0.4, 0.5) is 4.79 Å². The summed E-state index contributed by atoms with van der Waals surface area (Å²) in [7, 11) is 0. The normalized spacial score (nSPS) is 17.3. The summed E-state index contributed by atoms with van der Waals surface area (Å²) < 4.78 is 11.8. The van der Waals surface area contributed by atoms with E-state index in [0.29, 0.717) is 44.8 Å². The highest BCUT2D eigenvalue weighted by molar-refractivity contribution is 5.94. The summed E-state index contributed by atoms with van der Waals surface area (Å²) in [6, 6.07) is 11.6. The lowest BCUT2D eigenvalue weighted by atomic mass is 9.87. The molecule has 0 bridgehead atoms. The van der Waals surface area contributed by atoms with Gasteiger partial charge in [0.25, 0.3) is 5.91 Å². The van der Waals surface area contributed by atoms with Crippen molar-refractivity contribution >= 4 is 23.2 Å². The van der Waals surface area contributed by atoms with E-state index < -0.39 is 5.60 Å². The standard InChI is InChI=1S/C33H37N5O4/c1-20-7-6-8-23(13-20)31(39)37-10-9-22-14-24(27-17-35-30-29(36-27)21(2)16-34-30)15-25(26(22)18-37)28-19-41-12-11-38(28)32(40)42-33(3,4)5/h6-8,13-17,28H,9-12,18-19H2,1-5H3,(H,34,35). The molecule has 6 rings (SSSR count). The van der Waals surface area contributed by atoms with Crippen LogP contribution in [0.5, 0.6) is 0 Å². The van der Waals surface area contributed by atoms with Crippen molar-refractivity contribution in [3.63, 3.8) is 0 Å². The Kier molecular flexibility index (Phi) is 7.22. The molecule has 1 unspecified atom stereocenters. The van der Waals surface area contributed by atoms with Crippen molar-refractivity contribution in [1.29, 1.82) is 0 Å². The molecule has 4 heterocycles. The third kappa shape index (κ3) is 5.48. The number of H-pyrrole nitrogens is 1. The van der Waals surface area contributed by atoms with Crippen LogP contribution >= 0.6 is 0 Å². The highest BCUT2D eigenvalue weighted by Gasteiger charge is 2.36. The zero-order valence-corrected chi connectivity index (χ0v) is 24.9. The van der Waals surface area contributed by atoms with Gasteiger partial charge in [-0.05, 0) is 87.6 Å². The zero-order valence-electron chi connectivity index (χ0n) is 24.9. The van der Waals surface area contributed by atoms with Gasteiger partial charge in [-0.3, -0.25) is 9.69 Å². The first-order chi connectivity index (χ1) is 20.1. The molecule has 4 aromatic rings. The number of fused-ring (bicyclic) bond motifs is 2.